The topological polar surface area (TPSA) is 77.4 Å². The number of halogens is 1. The molecule has 0 aliphatic carbocycles. The van der Waals surface area contributed by atoms with Crippen LogP contribution in [0.25, 0.3) is 0 Å². The Morgan fingerprint density at radius 2 is 1.96 bits per heavy atom. The van der Waals surface area contributed by atoms with Crippen LogP contribution in [0, 0.1) is 5.92 Å². The molecule has 8 heteroatoms. The average molecular weight is 484 g/mol. The first kappa shape index (κ1) is 25.2. The number of aliphatic hydroxyl groups excluding tert-OH is 1. The van der Waals surface area contributed by atoms with Crippen molar-refractivity contribution in [3.63, 3.8) is 0 Å². The minimum atomic E-state index is -0.482. The number of amides is 1. The monoisotopic (exact) mass is 484 g/mol. The second kappa shape index (κ2) is 11.8. The smallest absolute Gasteiger partial charge is 0.410 e. The van der Waals surface area contributed by atoms with Crippen LogP contribution in [0.4, 0.5) is 4.79 Å². The summed E-state index contributed by atoms with van der Waals surface area (Å²) in [5.74, 6) is 1.11. The number of rotatable bonds is 5. The van der Waals surface area contributed by atoms with Crippen LogP contribution in [0.2, 0.25) is 0 Å². The number of carbonyl (C=O) groups excluding carboxylic acids is 1. The van der Waals surface area contributed by atoms with Crippen LogP contribution >= 0.6 is 24.0 Å². The molecule has 1 rings (SSSR count). The molecule has 1 fully saturated rings. The number of guanidine groups is 1. The average Bonchev–Trinajstić information content (AvgIpc) is 2.50. The standard InChI is InChI=1S/C18H36N4O3.HI/c1-7-19-16(22-10-8-15(23)9-11-22)20-12-14(2)13-21(6)17(24)25-18(3,4)5;/h14-15,23H,7-13H2,1-6H3,(H,19,20);1H. The molecule has 1 aliphatic rings. The van der Waals surface area contributed by atoms with E-state index in [1.807, 2.05) is 27.7 Å². The zero-order valence-corrected chi connectivity index (χ0v) is 19.4. The van der Waals surface area contributed by atoms with Crippen LogP contribution in [-0.4, -0.2) is 78.4 Å². The van der Waals surface area contributed by atoms with E-state index in [9.17, 15) is 9.90 Å². The number of nitrogens with zero attached hydrogens (tertiary/aromatic N) is 3. The molecule has 0 saturated carbocycles. The molecule has 0 spiro atoms. The van der Waals surface area contributed by atoms with Gasteiger partial charge in [-0.2, -0.15) is 0 Å². The Kier molecular flexibility index (Phi) is 11.5. The van der Waals surface area contributed by atoms with Crippen molar-refractivity contribution < 1.29 is 14.6 Å². The summed E-state index contributed by atoms with van der Waals surface area (Å²) in [5.41, 5.74) is -0.482. The molecule has 1 unspecified atom stereocenters. The lowest BCUT2D eigenvalue weighted by atomic mass is 10.1. The Labute approximate surface area is 175 Å². The molecule has 0 aromatic heterocycles. The van der Waals surface area contributed by atoms with Crippen molar-refractivity contribution >= 4 is 36.0 Å². The Balaban J connectivity index is 0.00000625. The summed E-state index contributed by atoms with van der Waals surface area (Å²) in [6.45, 7) is 13.4. The first-order chi connectivity index (χ1) is 11.6. The number of hydrogen-bond acceptors (Lipinski definition) is 4. The van der Waals surface area contributed by atoms with E-state index in [0.717, 1.165) is 38.4 Å². The third-order valence-electron chi connectivity index (χ3n) is 3.94. The number of ether oxygens (including phenoxy) is 1. The predicted molar refractivity (Wildman–Crippen MR) is 116 cm³/mol. The van der Waals surface area contributed by atoms with E-state index < -0.39 is 5.60 Å². The number of nitrogens with one attached hydrogen (secondary N) is 1. The van der Waals surface area contributed by atoms with Crippen LogP contribution in [0.1, 0.15) is 47.5 Å². The molecule has 0 radical (unpaired) electrons. The third kappa shape index (κ3) is 9.80. The maximum Gasteiger partial charge on any atom is 0.410 e. The highest BCUT2D eigenvalue weighted by Crippen LogP contribution is 2.12. The largest absolute Gasteiger partial charge is 0.444 e. The number of aliphatic hydroxyl groups is 1. The highest BCUT2D eigenvalue weighted by Gasteiger charge is 2.22. The Bertz CT molecular complexity index is 446. The van der Waals surface area contributed by atoms with E-state index >= 15 is 0 Å². The van der Waals surface area contributed by atoms with Gasteiger partial charge in [0.25, 0.3) is 0 Å². The molecule has 154 valence electrons. The fourth-order valence-electron chi connectivity index (χ4n) is 2.69. The SMILES string of the molecule is CCNC(=NCC(C)CN(C)C(=O)OC(C)(C)C)N1CCC(O)CC1.I. The maximum atomic E-state index is 12.0. The van der Waals surface area contributed by atoms with Crippen molar-refractivity contribution in [2.45, 2.75) is 59.2 Å². The van der Waals surface area contributed by atoms with Gasteiger partial charge in [0.05, 0.1) is 6.10 Å². The fourth-order valence-corrected chi connectivity index (χ4v) is 2.69. The molecule has 7 nitrogen and oxygen atoms in total. The molecular weight excluding hydrogens is 447 g/mol. The van der Waals surface area contributed by atoms with Crippen LogP contribution in [0.5, 0.6) is 0 Å². The van der Waals surface area contributed by atoms with Gasteiger partial charge in [-0.25, -0.2) is 4.79 Å². The molecule has 1 aliphatic heterocycles. The van der Waals surface area contributed by atoms with Crippen LogP contribution in [0.3, 0.4) is 0 Å². The Morgan fingerprint density at radius 1 is 1.38 bits per heavy atom. The summed E-state index contributed by atoms with van der Waals surface area (Å²) in [5, 5.41) is 13.0. The molecule has 2 N–H and O–H groups in total. The zero-order chi connectivity index (χ0) is 19.0. The number of aliphatic imine (C=N–C) groups is 1. The van der Waals surface area contributed by atoms with Crippen molar-refractivity contribution in [3.8, 4) is 0 Å². The van der Waals surface area contributed by atoms with Crippen LogP contribution < -0.4 is 5.32 Å². The van der Waals surface area contributed by atoms with Crippen molar-refractivity contribution in [1.29, 1.82) is 0 Å². The summed E-state index contributed by atoms with van der Waals surface area (Å²) >= 11 is 0. The van der Waals surface area contributed by atoms with Gasteiger partial charge in [0.15, 0.2) is 5.96 Å². The lowest BCUT2D eigenvalue weighted by Crippen LogP contribution is -2.47. The predicted octanol–water partition coefficient (Wildman–Crippen LogP) is 2.53. The quantitative estimate of drug-likeness (QED) is 0.356. The normalized spacial score (nSPS) is 17.3. The van der Waals surface area contributed by atoms with E-state index in [2.05, 4.69) is 17.1 Å². The van der Waals surface area contributed by atoms with E-state index in [0.29, 0.717) is 13.1 Å². The maximum absolute atomic E-state index is 12.0. The summed E-state index contributed by atoms with van der Waals surface area (Å²) in [6, 6.07) is 0. The Morgan fingerprint density at radius 3 is 2.46 bits per heavy atom. The van der Waals surface area contributed by atoms with Gasteiger partial charge in [-0.15, -0.1) is 24.0 Å². The lowest BCUT2D eigenvalue weighted by molar-refractivity contribution is 0.0279. The van der Waals surface area contributed by atoms with E-state index in [1.54, 1.807) is 11.9 Å². The van der Waals surface area contributed by atoms with E-state index in [4.69, 9.17) is 9.73 Å². The molecule has 1 saturated heterocycles. The molecule has 0 aromatic carbocycles. The summed E-state index contributed by atoms with van der Waals surface area (Å²) in [7, 11) is 1.76. The molecule has 26 heavy (non-hydrogen) atoms. The van der Waals surface area contributed by atoms with Gasteiger partial charge in [0.2, 0.25) is 0 Å². The van der Waals surface area contributed by atoms with Gasteiger partial charge >= 0.3 is 6.09 Å². The molecular formula is C18H37IN4O3. The number of hydrogen-bond donors (Lipinski definition) is 2. The number of piperidine rings is 1. The second-order valence-electron chi connectivity index (χ2n) is 7.88. The minimum absolute atomic E-state index is 0. The highest BCUT2D eigenvalue weighted by atomic mass is 127. The summed E-state index contributed by atoms with van der Waals surface area (Å²) in [4.78, 5) is 20.6. The van der Waals surface area contributed by atoms with Gasteiger partial charge in [0, 0.05) is 39.8 Å². The first-order valence-corrected chi connectivity index (χ1v) is 9.27. The van der Waals surface area contributed by atoms with Crippen molar-refractivity contribution in [2.24, 2.45) is 10.9 Å². The number of carbonyl (C=O) groups is 1. The molecule has 1 heterocycles. The van der Waals surface area contributed by atoms with E-state index in [-0.39, 0.29) is 42.1 Å². The molecule has 1 amide bonds. The lowest BCUT2D eigenvalue weighted by Gasteiger charge is -2.32. The minimum Gasteiger partial charge on any atom is -0.444 e. The van der Waals surface area contributed by atoms with Crippen LogP contribution in [-0.2, 0) is 4.74 Å². The zero-order valence-electron chi connectivity index (χ0n) is 17.1. The Hall–Kier alpha value is -0.770. The fraction of sp³-hybridized carbons (Fsp3) is 0.889. The van der Waals surface area contributed by atoms with E-state index in [1.165, 1.54) is 0 Å². The van der Waals surface area contributed by atoms with Crippen molar-refractivity contribution in [2.75, 3.05) is 39.8 Å². The highest BCUT2D eigenvalue weighted by molar-refractivity contribution is 14.0. The van der Waals surface area contributed by atoms with Gasteiger partial charge in [-0.3, -0.25) is 4.99 Å². The van der Waals surface area contributed by atoms with Crippen molar-refractivity contribution in [1.82, 2.24) is 15.1 Å². The summed E-state index contributed by atoms with van der Waals surface area (Å²) in [6.07, 6.45) is 1.06. The number of likely N-dealkylation sites (tertiary alicyclic amines) is 1. The van der Waals surface area contributed by atoms with Crippen LogP contribution in [0.15, 0.2) is 4.99 Å². The van der Waals surface area contributed by atoms with Gasteiger partial charge < -0.3 is 25.0 Å². The van der Waals surface area contributed by atoms with Gasteiger partial charge in [-0.1, -0.05) is 6.92 Å². The van der Waals surface area contributed by atoms with Gasteiger partial charge in [0.1, 0.15) is 5.60 Å². The third-order valence-corrected chi connectivity index (χ3v) is 3.94. The second-order valence-corrected chi connectivity index (χ2v) is 7.88. The summed E-state index contributed by atoms with van der Waals surface area (Å²) < 4.78 is 5.38. The molecule has 0 bridgehead atoms. The van der Waals surface area contributed by atoms with Crippen molar-refractivity contribution in [3.05, 3.63) is 0 Å². The molecule has 1 atom stereocenters. The molecule has 0 aromatic rings. The van der Waals surface area contributed by atoms with Gasteiger partial charge in [-0.05, 0) is 46.5 Å². The first-order valence-electron chi connectivity index (χ1n) is 9.27.